The fourth-order valence-corrected chi connectivity index (χ4v) is 2.66. The Kier molecular flexibility index (Phi) is 5.55. The number of halogens is 6. The quantitative estimate of drug-likeness (QED) is 0.765. The zero-order chi connectivity index (χ0) is 16.5. The molecule has 21 heavy (non-hydrogen) atoms. The Balaban J connectivity index is 2.76. The molecule has 1 aliphatic carbocycles. The summed E-state index contributed by atoms with van der Waals surface area (Å²) in [5.41, 5.74) is -0.888. The van der Waals surface area contributed by atoms with Crippen molar-refractivity contribution < 1.29 is 36.2 Å². The molecular weight excluding hydrogens is 304 g/mol. The van der Waals surface area contributed by atoms with Crippen LogP contribution in [0.2, 0.25) is 0 Å². The molecule has 0 bridgehead atoms. The van der Waals surface area contributed by atoms with E-state index in [9.17, 15) is 31.4 Å². The van der Waals surface area contributed by atoms with Crippen LogP contribution in [0.25, 0.3) is 0 Å². The van der Waals surface area contributed by atoms with E-state index in [-0.39, 0.29) is 31.9 Å². The Morgan fingerprint density at radius 3 is 2.10 bits per heavy atom. The number of hydrogen-bond acceptors (Lipinski definition) is 3. The van der Waals surface area contributed by atoms with Gasteiger partial charge >= 0.3 is 12.4 Å². The Bertz CT molecular complexity index is 330. The van der Waals surface area contributed by atoms with Gasteiger partial charge in [0.2, 0.25) is 6.10 Å². The molecule has 0 aliphatic heterocycles. The molecule has 1 fully saturated rings. The normalized spacial score (nSPS) is 27.9. The van der Waals surface area contributed by atoms with Gasteiger partial charge in [0.25, 0.3) is 0 Å². The third kappa shape index (κ3) is 5.00. The molecule has 1 aliphatic rings. The molecule has 1 saturated carbocycles. The van der Waals surface area contributed by atoms with E-state index < -0.39 is 30.1 Å². The lowest BCUT2D eigenvalue weighted by Gasteiger charge is -2.32. The van der Waals surface area contributed by atoms with E-state index in [4.69, 9.17) is 0 Å². The van der Waals surface area contributed by atoms with Crippen molar-refractivity contribution >= 4 is 0 Å². The second kappa shape index (κ2) is 6.29. The predicted octanol–water partition coefficient (Wildman–Crippen LogP) is 2.78. The van der Waals surface area contributed by atoms with Gasteiger partial charge in [-0.2, -0.15) is 26.3 Å². The SMILES string of the molecule is CC(C)NC1(CO)CCC(OC(C(F)(F)F)C(F)(F)F)C1. The minimum atomic E-state index is -5.51. The van der Waals surface area contributed by atoms with Gasteiger partial charge in [-0.25, -0.2) is 0 Å². The third-order valence-corrected chi connectivity index (χ3v) is 3.38. The smallest absolute Gasteiger partial charge is 0.394 e. The maximum atomic E-state index is 12.4. The Labute approximate surface area is 118 Å². The van der Waals surface area contributed by atoms with Gasteiger partial charge < -0.3 is 15.2 Å². The van der Waals surface area contributed by atoms with Crippen LogP contribution < -0.4 is 5.32 Å². The van der Waals surface area contributed by atoms with Crippen LogP contribution in [-0.4, -0.2) is 47.9 Å². The number of aliphatic hydroxyl groups is 1. The molecule has 0 aromatic heterocycles. The van der Waals surface area contributed by atoms with Crippen LogP contribution in [0.5, 0.6) is 0 Å². The predicted molar refractivity (Wildman–Crippen MR) is 62.7 cm³/mol. The van der Waals surface area contributed by atoms with Gasteiger partial charge in [-0.15, -0.1) is 0 Å². The summed E-state index contributed by atoms with van der Waals surface area (Å²) in [6, 6.07) is -0.0584. The molecule has 0 aromatic carbocycles. The van der Waals surface area contributed by atoms with Gasteiger partial charge in [0.1, 0.15) is 0 Å². The van der Waals surface area contributed by atoms with Crippen molar-refractivity contribution in [2.75, 3.05) is 6.61 Å². The molecule has 9 heteroatoms. The minimum Gasteiger partial charge on any atom is -0.394 e. The Morgan fingerprint density at radius 2 is 1.71 bits per heavy atom. The van der Waals surface area contributed by atoms with E-state index in [1.165, 1.54) is 0 Å². The molecule has 1 rings (SSSR count). The maximum Gasteiger partial charge on any atom is 0.423 e. The molecule has 2 unspecified atom stereocenters. The number of alkyl halides is 6. The molecule has 2 atom stereocenters. The number of ether oxygens (including phenoxy) is 1. The third-order valence-electron chi connectivity index (χ3n) is 3.38. The number of rotatable bonds is 5. The van der Waals surface area contributed by atoms with Crippen molar-refractivity contribution in [1.82, 2.24) is 5.32 Å². The van der Waals surface area contributed by atoms with Gasteiger partial charge in [-0.1, -0.05) is 13.8 Å². The Hall–Kier alpha value is -0.540. The van der Waals surface area contributed by atoms with Crippen LogP contribution in [0.3, 0.4) is 0 Å². The van der Waals surface area contributed by atoms with Crippen LogP contribution in [0, 0.1) is 0 Å². The highest BCUT2D eigenvalue weighted by atomic mass is 19.4. The fraction of sp³-hybridized carbons (Fsp3) is 1.00. The second-order valence-corrected chi connectivity index (χ2v) is 5.70. The minimum absolute atomic E-state index is 0.0307. The summed E-state index contributed by atoms with van der Waals surface area (Å²) in [7, 11) is 0. The summed E-state index contributed by atoms with van der Waals surface area (Å²) < 4.78 is 78.9. The van der Waals surface area contributed by atoms with Gasteiger partial charge in [0, 0.05) is 11.6 Å². The van der Waals surface area contributed by atoms with Crippen molar-refractivity contribution in [2.24, 2.45) is 0 Å². The van der Waals surface area contributed by atoms with Crippen LogP contribution in [0.1, 0.15) is 33.1 Å². The van der Waals surface area contributed by atoms with Crippen LogP contribution in [0.15, 0.2) is 0 Å². The van der Waals surface area contributed by atoms with E-state index in [1.54, 1.807) is 13.8 Å². The number of aliphatic hydroxyl groups excluding tert-OH is 1. The monoisotopic (exact) mass is 323 g/mol. The first-order chi connectivity index (χ1) is 9.39. The molecule has 0 aromatic rings. The highest BCUT2D eigenvalue weighted by Crippen LogP contribution is 2.40. The van der Waals surface area contributed by atoms with Crippen molar-refractivity contribution in [3.05, 3.63) is 0 Å². The van der Waals surface area contributed by atoms with Crippen LogP contribution in [0.4, 0.5) is 26.3 Å². The van der Waals surface area contributed by atoms with Gasteiger partial charge in [0.15, 0.2) is 0 Å². The lowest BCUT2D eigenvalue weighted by Crippen LogP contribution is -2.51. The Morgan fingerprint density at radius 1 is 1.19 bits per heavy atom. The number of nitrogens with one attached hydrogen (secondary N) is 1. The first-order valence-electron chi connectivity index (χ1n) is 6.57. The second-order valence-electron chi connectivity index (χ2n) is 5.70. The maximum absolute atomic E-state index is 12.4. The highest BCUT2D eigenvalue weighted by molar-refractivity contribution is 4.98. The zero-order valence-corrected chi connectivity index (χ0v) is 11.7. The van der Waals surface area contributed by atoms with E-state index in [0.29, 0.717) is 0 Å². The van der Waals surface area contributed by atoms with Crippen molar-refractivity contribution in [2.45, 2.75) is 69.3 Å². The summed E-state index contributed by atoms with van der Waals surface area (Å²) in [5, 5.41) is 12.4. The van der Waals surface area contributed by atoms with Crippen molar-refractivity contribution in [3.63, 3.8) is 0 Å². The standard InChI is InChI=1S/C12H19F6NO2/c1-7(2)19-10(6-20)4-3-8(5-10)21-9(11(13,14)15)12(16,17)18/h7-9,19-20H,3-6H2,1-2H3. The highest BCUT2D eigenvalue weighted by Gasteiger charge is 2.59. The first kappa shape index (κ1) is 18.5. The summed E-state index contributed by atoms with van der Waals surface area (Å²) in [4.78, 5) is 0. The lowest BCUT2D eigenvalue weighted by atomic mass is 9.97. The zero-order valence-electron chi connectivity index (χ0n) is 11.7. The average Bonchev–Trinajstić information content (AvgIpc) is 2.66. The van der Waals surface area contributed by atoms with Crippen molar-refractivity contribution in [3.8, 4) is 0 Å². The molecular formula is C12H19F6NO2. The summed E-state index contributed by atoms with van der Waals surface area (Å²) in [5.74, 6) is 0. The topological polar surface area (TPSA) is 41.5 Å². The van der Waals surface area contributed by atoms with Crippen LogP contribution >= 0.6 is 0 Å². The van der Waals surface area contributed by atoms with Gasteiger partial charge in [0.05, 0.1) is 12.7 Å². The van der Waals surface area contributed by atoms with Gasteiger partial charge in [-0.05, 0) is 19.3 Å². The van der Waals surface area contributed by atoms with Crippen LogP contribution in [-0.2, 0) is 4.74 Å². The molecule has 0 heterocycles. The average molecular weight is 323 g/mol. The van der Waals surface area contributed by atoms with E-state index >= 15 is 0 Å². The molecule has 126 valence electrons. The molecule has 0 amide bonds. The summed E-state index contributed by atoms with van der Waals surface area (Å²) in [6.07, 6.45) is -15.8. The van der Waals surface area contributed by atoms with E-state index in [2.05, 4.69) is 10.1 Å². The fourth-order valence-electron chi connectivity index (χ4n) is 2.66. The molecule has 0 spiro atoms. The largest absolute Gasteiger partial charge is 0.423 e. The summed E-state index contributed by atoms with van der Waals surface area (Å²) in [6.45, 7) is 3.19. The number of hydrogen-bond donors (Lipinski definition) is 2. The van der Waals surface area contributed by atoms with Crippen molar-refractivity contribution in [1.29, 1.82) is 0 Å². The van der Waals surface area contributed by atoms with E-state index in [0.717, 1.165) is 0 Å². The molecule has 3 nitrogen and oxygen atoms in total. The molecule has 2 N–H and O–H groups in total. The van der Waals surface area contributed by atoms with E-state index in [1.807, 2.05) is 0 Å². The molecule has 0 saturated heterocycles. The van der Waals surface area contributed by atoms with Gasteiger partial charge in [-0.3, -0.25) is 0 Å². The lowest BCUT2D eigenvalue weighted by molar-refractivity contribution is -0.330. The molecule has 0 radical (unpaired) electrons. The first-order valence-corrected chi connectivity index (χ1v) is 6.57. The summed E-state index contributed by atoms with van der Waals surface area (Å²) >= 11 is 0.